The Balaban J connectivity index is 1.73. The summed E-state index contributed by atoms with van der Waals surface area (Å²) in [6.45, 7) is 1.13. The molecule has 1 aromatic carbocycles. The van der Waals surface area contributed by atoms with Crippen molar-refractivity contribution in [3.05, 3.63) is 35.2 Å². The van der Waals surface area contributed by atoms with Crippen molar-refractivity contribution in [1.82, 2.24) is 9.80 Å². The van der Waals surface area contributed by atoms with Gasteiger partial charge in [-0.1, -0.05) is 18.2 Å². The highest BCUT2D eigenvalue weighted by Crippen LogP contribution is 2.27. The van der Waals surface area contributed by atoms with Crippen LogP contribution in [0.1, 0.15) is 12.0 Å². The van der Waals surface area contributed by atoms with E-state index in [2.05, 4.69) is 17.5 Å². The minimum atomic E-state index is -0.197. The maximum atomic E-state index is 12.4. The van der Waals surface area contributed by atoms with E-state index in [4.69, 9.17) is 0 Å². The molecule has 0 bridgehead atoms. The van der Waals surface area contributed by atoms with Crippen molar-refractivity contribution < 1.29 is 9.59 Å². The highest BCUT2D eigenvalue weighted by Gasteiger charge is 2.33. The van der Waals surface area contributed by atoms with E-state index in [9.17, 15) is 9.59 Å². The second kappa shape index (κ2) is 5.48. The molecule has 1 aromatic heterocycles. The molecule has 110 valence electrons. The third-order valence-corrected chi connectivity index (χ3v) is 5.05. The van der Waals surface area contributed by atoms with Crippen molar-refractivity contribution >= 4 is 33.2 Å². The quantitative estimate of drug-likeness (QED) is 0.873. The fourth-order valence-corrected chi connectivity index (χ4v) is 3.78. The van der Waals surface area contributed by atoms with Crippen LogP contribution < -0.4 is 0 Å². The van der Waals surface area contributed by atoms with Gasteiger partial charge in [-0.2, -0.15) is 0 Å². The van der Waals surface area contributed by atoms with Crippen LogP contribution in [-0.4, -0.2) is 42.3 Å². The average Bonchev–Trinajstić information content (AvgIpc) is 3.03. The molecule has 2 aromatic rings. The molecule has 1 aliphatic heterocycles. The summed E-state index contributed by atoms with van der Waals surface area (Å²) >= 11 is 1.70. The highest BCUT2D eigenvalue weighted by atomic mass is 32.1. The van der Waals surface area contributed by atoms with E-state index >= 15 is 0 Å². The topological polar surface area (TPSA) is 40.6 Å². The third kappa shape index (κ3) is 2.65. The smallest absolute Gasteiger partial charge is 0.228 e. The van der Waals surface area contributed by atoms with Crippen LogP contribution in [0.3, 0.4) is 0 Å². The SMILES string of the molecule is CN1C[C@H](C(=O)N(C)Cc2csc3ccccc23)CC1=O. The Kier molecular flexibility index (Phi) is 3.68. The van der Waals surface area contributed by atoms with Crippen LogP contribution in [0, 0.1) is 5.92 Å². The van der Waals surface area contributed by atoms with Gasteiger partial charge in [0.25, 0.3) is 0 Å². The van der Waals surface area contributed by atoms with Crippen molar-refractivity contribution in [1.29, 1.82) is 0 Å². The van der Waals surface area contributed by atoms with Gasteiger partial charge in [0.1, 0.15) is 0 Å². The Hall–Kier alpha value is -1.88. The van der Waals surface area contributed by atoms with E-state index in [0.29, 0.717) is 19.5 Å². The number of thiophene rings is 1. The number of rotatable bonds is 3. The zero-order valence-corrected chi connectivity index (χ0v) is 13.0. The normalized spacial score (nSPS) is 18.5. The van der Waals surface area contributed by atoms with Crippen molar-refractivity contribution in [2.75, 3.05) is 20.6 Å². The van der Waals surface area contributed by atoms with Crippen molar-refractivity contribution in [3.8, 4) is 0 Å². The predicted octanol–water partition coefficient (Wildman–Crippen LogP) is 2.34. The molecule has 4 nitrogen and oxygen atoms in total. The number of hydrogen-bond acceptors (Lipinski definition) is 3. The summed E-state index contributed by atoms with van der Waals surface area (Å²) in [5.74, 6) is -0.0804. The largest absolute Gasteiger partial charge is 0.345 e. The summed E-state index contributed by atoms with van der Waals surface area (Å²) in [6, 6.07) is 8.23. The third-order valence-electron chi connectivity index (χ3n) is 4.04. The minimum absolute atomic E-state index is 0.0581. The second-order valence-corrected chi connectivity index (χ2v) is 6.54. The Morgan fingerprint density at radius 3 is 2.90 bits per heavy atom. The van der Waals surface area contributed by atoms with Gasteiger partial charge in [0.15, 0.2) is 0 Å². The molecule has 3 rings (SSSR count). The number of likely N-dealkylation sites (tertiary alicyclic amines) is 1. The molecule has 0 spiro atoms. The van der Waals surface area contributed by atoms with Gasteiger partial charge < -0.3 is 9.80 Å². The molecule has 1 aliphatic rings. The Morgan fingerprint density at radius 1 is 1.43 bits per heavy atom. The van der Waals surface area contributed by atoms with Gasteiger partial charge in [0.2, 0.25) is 11.8 Å². The fourth-order valence-electron chi connectivity index (χ4n) is 2.83. The molecule has 0 unspecified atom stereocenters. The van der Waals surface area contributed by atoms with E-state index in [1.807, 2.05) is 19.2 Å². The Morgan fingerprint density at radius 2 is 2.19 bits per heavy atom. The Bertz CT molecular complexity index is 694. The van der Waals surface area contributed by atoms with Crippen molar-refractivity contribution in [2.45, 2.75) is 13.0 Å². The first-order valence-electron chi connectivity index (χ1n) is 7.00. The molecule has 0 radical (unpaired) electrons. The van der Waals surface area contributed by atoms with Crippen LogP contribution in [0.5, 0.6) is 0 Å². The minimum Gasteiger partial charge on any atom is -0.345 e. The molecule has 0 aliphatic carbocycles. The lowest BCUT2D eigenvalue weighted by molar-refractivity contribution is -0.135. The zero-order valence-electron chi connectivity index (χ0n) is 12.2. The van der Waals surface area contributed by atoms with Crippen LogP contribution in [0.15, 0.2) is 29.6 Å². The van der Waals surface area contributed by atoms with Gasteiger partial charge in [0.05, 0.1) is 5.92 Å². The van der Waals surface area contributed by atoms with E-state index in [-0.39, 0.29) is 17.7 Å². The first-order valence-corrected chi connectivity index (χ1v) is 7.88. The summed E-state index contributed by atoms with van der Waals surface area (Å²) in [5, 5.41) is 3.32. The summed E-state index contributed by atoms with van der Waals surface area (Å²) in [4.78, 5) is 27.4. The molecule has 0 N–H and O–H groups in total. The number of fused-ring (bicyclic) bond motifs is 1. The van der Waals surface area contributed by atoms with Crippen LogP contribution in [0.4, 0.5) is 0 Å². The van der Waals surface area contributed by atoms with Gasteiger partial charge >= 0.3 is 0 Å². The predicted molar refractivity (Wildman–Crippen MR) is 84.0 cm³/mol. The van der Waals surface area contributed by atoms with Crippen molar-refractivity contribution in [2.24, 2.45) is 5.92 Å². The highest BCUT2D eigenvalue weighted by molar-refractivity contribution is 7.17. The first-order chi connectivity index (χ1) is 10.1. The summed E-state index contributed by atoms with van der Waals surface area (Å²) in [5.41, 5.74) is 1.17. The number of amides is 2. The van der Waals surface area contributed by atoms with Gasteiger partial charge in [0, 0.05) is 38.3 Å². The zero-order chi connectivity index (χ0) is 15.0. The van der Waals surface area contributed by atoms with Gasteiger partial charge in [-0.15, -0.1) is 11.3 Å². The van der Waals surface area contributed by atoms with Crippen LogP contribution in [0.25, 0.3) is 10.1 Å². The molecule has 1 saturated heterocycles. The fraction of sp³-hybridized carbons (Fsp3) is 0.375. The number of carbonyl (C=O) groups is 2. The molecule has 5 heteroatoms. The molecule has 1 atom stereocenters. The van der Waals surface area contributed by atoms with Crippen LogP contribution in [0.2, 0.25) is 0 Å². The lowest BCUT2D eigenvalue weighted by Crippen LogP contribution is -2.33. The standard InChI is InChI=1S/C16H18N2O2S/c1-17-8-11(7-15(17)19)16(20)18(2)9-12-10-21-14-6-4-3-5-13(12)14/h3-6,10-11H,7-9H2,1-2H3/t11-/m1/s1. The molecular formula is C16H18N2O2S. The molecule has 2 heterocycles. The second-order valence-electron chi connectivity index (χ2n) is 5.63. The number of benzene rings is 1. The first kappa shape index (κ1) is 14.1. The number of nitrogens with zero attached hydrogens (tertiary/aromatic N) is 2. The van der Waals surface area contributed by atoms with E-state index < -0.39 is 0 Å². The molecule has 2 amide bonds. The van der Waals surface area contributed by atoms with Gasteiger partial charge in [-0.05, 0) is 22.4 Å². The maximum absolute atomic E-state index is 12.4. The number of carbonyl (C=O) groups excluding carboxylic acids is 2. The molecular weight excluding hydrogens is 284 g/mol. The Labute approximate surface area is 128 Å². The number of hydrogen-bond donors (Lipinski definition) is 0. The van der Waals surface area contributed by atoms with Crippen LogP contribution in [-0.2, 0) is 16.1 Å². The summed E-state index contributed by atoms with van der Waals surface area (Å²) in [6.07, 6.45) is 0.337. The maximum Gasteiger partial charge on any atom is 0.228 e. The van der Waals surface area contributed by atoms with Crippen molar-refractivity contribution in [3.63, 3.8) is 0 Å². The molecule has 21 heavy (non-hydrogen) atoms. The van der Waals surface area contributed by atoms with Gasteiger partial charge in [-0.3, -0.25) is 9.59 Å². The van der Waals surface area contributed by atoms with E-state index in [1.165, 1.54) is 15.6 Å². The lowest BCUT2D eigenvalue weighted by Gasteiger charge is -2.20. The van der Waals surface area contributed by atoms with E-state index in [0.717, 1.165) is 0 Å². The summed E-state index contributed by atoms with van der Waals surface area (Å²) < 4.78 is 1.24. The lowest BCUT2D eigenvalue weighted by atomic mass is 10.1. The molecule has 1 fully saturated rings. The van der Waals surface area contributed by atoms with E-state index in [1.54, 1.807) is 28.2 Å². The molecule has 0 saturated carbocycles. The monoisotopic (exact) mass is 302 g/mol. The van der Waals surface area contributed by atoms with Crippen LogP contribution >= 0.6 is 11.3 Å². The van der Waals surface area contributed by atoms with Gasteiger partial charge in [-0.25, -0.2) is 0 Å². The summed E-state index contributed by atoms with van der Waals surface area (Å²) in [7, 11) is 3.57. The average molecular weight is 302 g/mol.